The van der Waals surface area contributed by atoms with Crippen molar-refractivity contribution in [2.45, 2.75) is 50.2 Å². The summed E-state index contributed by atoms with van der Waals surface area (Å²) in [5.74, 6) is 0.161. The van der Waals surface area contributed by atoms with Gasteiger partial charge >= 0.3 is 0 Å². The van der Waals surface area contributed by atoms with Gasteiger partial charge in [0.15, 0.2) is 5.65 Å². The SMILES string of the molecule is Oc1cc(-n2ccnc2)ccc1-c1cc2cnn([C@@H]3C[C@H]4CCC[C@@H](C3)N4)c2nn1. The van der Waals surface area contributed by atoms with E-state index >= 15 is 0 Å². The van der Waals surface area contributed by atoms with Crippen molar-refractivity contribution in [3.8, 4) is 22.7 Å². The van der Waals surface area contributed by atoms with Crippen molar-refractivity contribution < 1.29 is 5.11 Å². The molecule has 2 aliphatic rings. The maximum atomic E-state index is 10.6. The molecule has 2 saturated heterocycles. The minimum Gasteiger partial charge on any atom is -0.507 e. The maximum Gasteiger partial charge on any atom is 0.180 e. The third kappa shape index (κ3) is 2.95. The van der Waals surface area contributed by atoms with Crippen molar-refractivity contribution in [3.63, 3.8) is 0 Å². The predicted octanol–water partition coefficient (Wildman–Crippen LogP) is 3.23. The molecule has 0 amide bonds. The first-order chi connectivity index (χ1) is 14.7. The van der Waals surface area contributed by atoms with E-state index in [-0.39, 0.29) is 5.75 Å². The highest BCUT2D eigenvalue weighted by Crippen LogP contribution is 2.35. The molecule has 2 aliphatic heterocycles. The number of rotatable bonds is 3. The molecule has 2 fully saturated rings. The second-order valence-electron chi connectivity index (χ2n) is 8.39. The summed E-state index contributed by atoms with van der Waals surface area (Å²) in [5, 5.41) is 28.9. The Hall–Kier alpha value is -3.26. The second kappa shape index (κ2) is 6.91. The van der Waals surface area contributed by atoms with Crippen molar-refractivity contribution in [1.29, 1.82) is 0 Å². The number of phenols is 1. The topological polar surface area (TPSA) is 93.7 Å². The molecule has 0 aliphatic carbocycles. The summed E-state index contributed by atoms with van der Waals surface area (Å²) in [6, 6.07) is 8.99. The van der Waals surface area contributed by atoms with E-state index in [0.717, 1.165) is 29.6 Å². The van der Waals surface area contributed by atoms with E-state index in [9.17, 15) is 5.11 Å². The molecule has 4 aromatic rings. The molecule has 6 rings (SSSR count). The Bertz CT molecular complexity index is 1190. The molecule has 0 saturated carbocycles. The lowest BCUT2D eigenvalue weighted by Gasteiger charge is -2.40. The zero-order valence-electron chi connectivity index (χ0n) is 16.5. The fourth-order valence-electron chi connectivity index (χ4n) is 4.99. The number of aromatic hydroxyl groups is 1. The smallest absolute Gasteiger partial charge is 0.180 e. The quantitative estimate of drug-likeness (QED) is 0.547. The summed E-state index contributed by atoms with van der Waals surface area (Å²) in [6.07, 6.45) is 13.1. The highest BCUT2D eigenvalue weighted by molar-refractivity contribution is 5.80. The van der Waals surface area contributed by atoms with Crippen molar-refractivity contribution in [1.82, 2.24) is 34.8 Å². The summed E-state index contributed by atoms with van der Waals surface area (Å²) in [7, 11) is 0. The highest BCUT2D eigenvalue weighted by atomic mass is 16.3. The van der Waals surface area contributed by atoms with Crippen LogP contribution >= 0.6 is 0 Å². The largest absolute Gasteiger partial charge is 0.507 e. The number of benzene rings is 1. The summed E-state index contributed by atoms with van der Waals surface area (Å²) < 4.78 is 3.90. The average molecular weight is 401 g/mol. The normalized spacial score (nSPS) is 23.7. The Morgan fingerprint density at radius 3 is 2.70 bits per heavy atom. The zero-order chi connectivity index (χ0) is 20.1. The molecule has 0 radical (unpaired) electrons. The van der Waals surface area contributed by atoms with Crippen LogP contribution in [0.25, 0.3) is 28.0 Å². The molecule has 3 atom stereocenters. The van der Waals surface area contributed by atoms with E-state index in [1.54, 1.807) is 18.6 Å². The minimum atomic E-state index is 0.161. The molecule has 0 spiro atoms. The van der Waals surface area contributed by atoms with E-state index in [0.29, 0.717) is 29.4 Å². The van der Waals surface area contributed by atoms with Crippen LogP contribution in [-0.4, -0.2) is 46.7 Å². The van der Waals surface area contributed by atoms with Crippen LogP contribution in [0.15, 0.2) is 49.2 Å². The number of hydrogen-bond acceptors (Lipinski definition) is 6. The first kappa shape index (κ1) is 17.6. The predicted molar refractivity (Wildman–Crippen MR) is 112 cm³/mol. The first-order valence-corrected chi connectivity index (χ1v) is 10.5. The van der Waals surface area contributed by atoms with E-state index < -0.39 is 0 Å². The Balaban J connectivity index is 1.32. The van der Waals surface area contributed by atoms with Gasteiger partial charge in [-0.15, -0.1) is 10.2 Å². The van der Waals surface area contributed by atoms with Gasteiger partial charge in [0.25, 0.3) is 0 Å². The monoisotopic (exact) mass is 401 g/mol. The van der Waals surface area contributed by atoms with Gasteiger partial charge in [0, 0.05) is 41.5 Å². The highest BCUT2D eigenvalue weighted by Gasteiger charge is 2.33. The van der Waals surface area contributed by atoms with Crippen LogP contribution < -0.4 is 5.32 Å². The van der Waals surface area contributed by atoms with Gasteiger partial charge < -0.3 is 15.0 Å². The maximum absolute atomic E-state index is 10.6. The van der Waals surface area contributed by atoms with E-state index in [4.69, 9.17) is 0 Å². The fraction of sp³-hybridized carbons (Fsp3) is 0.364. The molecular weight excluding hydrogens is 378 g/mol. The molecule has 8 heteroatoms. The van der Waals surface area contributed by atoms with Gasteiger partial charge in [-0.25, -0.2) is 9.67 Å². The lowest BCUT2D eigenvalue weighted by molar-refractivity contribution is 0.182. The molecule has 5 heterocycles. The molecule has 2 bridgehead atoms. The van der Waals surface area contributed by atoms with Crippen molar-refractivity contribution in [2.24, 2.45) is 0 Å². The third-order valence-corrected chi connectivity index (χ3v) is 6.44. The van der Waals surface area contributed by atoms with Crippen molar-refractivity contribution in [2.75, 3.05) is 0 Å². The summed E-state index contributed by atoms with van der Waals surface area (Å²) in [4.78, 5) is 4.05. The van der Waals surface area contributed by atoms with Crippen molar-refractivity contribution in [3.05, 3.63) is 49.2 Å². The Morgan fingerprint density at radius 1 is 1.07 bits per heavy atom. The fourth-order valence-corrected chi connectivity index (χ4v) is 4.99. The molecule has 3 aromatic heterocycles. The van der Waals surface area contributed by atoms with Gasteiger partial charge in [0.1, 0.15) is 5.75 Å². The van der Waals surface area contributed by atoms with Gasteiger partial charge in [-0.3, -0.25) is 0 Å². The number of hydrogen-bond donors (Lipinski definition) is 2. The summed E-state index contributed by atoms with van der Waals surface area (Å²) >= 11 is 0. The van der Waals surface area contributed by atoms with Crippen LogP contribution in [0.1, 0.15) is 38.1 Å². The number of nitrogens with zero attached hydrogens (tertiary/aromatic N) is 6. The van der Waals surface area contributed by atoms with Crippen LogP contribution in [0.5, 0.6) is 5.75 Å². The number of aromatic nitrogens is 6. The molecule has 1 aromatic carbocycles. The standard InChI is InChI=1S/C22H23N7O/c30-21-11-17(28-7-6-23-13-28)4-5-19(21)20-8-14-12-24-29(22(14)27-26-20)18-9-15-2-1-3-16(10-18)25-15/h4-8,11-13,15-16,18,25,30H,1-3,9-10H2/t15-,16+,18-. The number of imidazole rings is 1. The molecule has 30 heavy (non-hydrogen) atoms. The van der Waals surface area contributed by atoms with Gasteiger partial charge in [-0.2, -0.15) is 5.10 Å². The molecule has 8 nitrogen and oxygen atoms in total. The van der Waals surface area contributed by atoms with Crippen LogP contribution in [-0.2, 0) is 0 Å². The van der Waals surface area contributed by atoms with Gasteiger partial charge in [-0.1, -0.05) is 6.42 Å². The molecular formula is C22H23N7O. The lowest BCUT2D eigenvalue weighted by Crippen LogP contribution is -2.49. The van der Waals surface area contributed by atoms with E-state index in [1.807, 2.05) is 35.2 Å². The number of nitrogens with one attached hydrogen (secondary N) is 1. The van der Waals surface area contributed by atoms with Crippen LogP contribution in [0.2, 0.25) is 0 Å². The summed E-state index contributed by atoms with van der Waals surface area (Å²) in [5.41, 5.74) is 2.95. The van der Waals surface area contributed by atoms with Gasteiger partial charge in [0.2, 0.25) is 0 Å². The van der Waals surface area contributed by atoms with Gasteiger partial charge in [0.05, 0.1) is 29.9 Å². The molecule has 0 unspecified atom stereocenters. The first-order valence-electron chi connectivity index (χ1n) is 10.5. The van der Waals surface area contributed by atoms with Crippen LogP contribution in [0, 0.1) is 0 Å². The Labute approximate surface area is 173 Å². The molecule has 152 valence electrons. The third-order valence-electron chi connectivity index (χ3n) is 6.44. The van der Waals surface area contributed by atoms with Crippen LogP contribution in [0.3, 0.4) is 0 Å². The van der Waals surface area contributed by atoms with E-state index in [1.165, 1.54) is 19.3 Å². The number of piperidine rings is 2. The van der Waals surface area contributed by atoms with Crippen molar-refractivity contribution >= 4 is 11.0 Å². The zero-order valence-corrected chi connectivity index (χ0v) is 16.5. The molecule has 2 N–H and O–H groups in total. The van der Waals surface area contributed by atoms with E-state index in [2.05, 4.69) is 30.3 Å². The average Bonchev–Trinajstić information content (AvgIpc) is 3.43. The number of fused-ring (bicyclic) bond motifs is 3. The Morgan fingerprint density at radius 2 is 1.93 bits per heavy atom. The van der Waals surface area contributed by atoms with Crippen LogP contribution in [0.4, 0.5) is 0 Å². The summed E-state index contributed by atoms with van der Waals surface area (Å²) in [6.45, 7) is 0. The second-order valence-corrected chi connectivity index (χ2v) is 8.39. The number of phenolic OH excluding ortho intramolecular Hbond substituents is 1. The lowest BCUT2D eigenvalue weighted by atomic mass is 9.84. The van der Waals surface area contributed by atoms with Gasteiger partial charge in [-0.05, 0) is 43.9 Å². The Kier molecular flexibility index (Phi) is 4.05. The minimum absolute atomic E-state index is 0.161.